The van der Waals surface area contributed by atoms with Crippen LogP contribution in [0.3, 0.4) is 0 Å². The third-order valence-electron chi connectivity index (χ3n) is 3.73. The highest BCUT2D eigenvalue weighted by atomic mass is 32.2. The lowest BCUT2D eigenvalue weighted by atomic mass is 10.2. The third kappa shape index (κ3) is 4.93. The summed E-state index contributed by atoms with van der Waals surface area (Å²) >= 11 is 0. The molecule has 0 unspecified atom stereocenters. The molecule has 2 N–H and O–H groups in total. The predicted octanol–water partition coefficient (Wildman–Crippen LogP) is 2.62. The molecule has 0 radical (unpaired) electrons. The van der Waals surface area contributed by atoms with Gasteiger partial charge in [-0.15, -0.1) is 0 Å². The molecule has 1 aromatic carbocycles. The molecule has 0 fully saturated rings. The van der Waals surface area contributed by atoms with Crippen LogP contribution in [0.5, 0.6) is 11.5 Å². The summed E-state index contributed by atoms with van der Waals surface area (Å²) in [6.07, 6.45) is 5.53. The topological polar surface area (TPSA) is 119 Å². The van der Waals surface area contributed by atoms with E-state index in [9.17, 15) is 18.3 Å². The van der Waals surface area contributed by atoms with Crippen LogP contribution in [-0.4, -0.2) is 51.5 Å². The Morgan fingerprint density at radius 1 is 1.11 bits per heavy atom. The summed E-state index contributed by atoms with van der Waals surface area (Å²) < 4.78 is 38.3. The number of carboxylic acid groups (broad SMARTS) is 1. The number of carboxylic acids is 1. The Morgan fingerprint density at radius 3 is 2.39 bits per heavy atom. The van der Waals surface area contributed by atoms with E-state index in [2.05, 4.69) is 0 Å². The summed E-state index contributed by atoms with van der Waals surface area (Å²) in [5.41, 5.74) is -0.140. The second-order valence-electron chi connectivity index (χ2n) is 5.79. The van der Waals surface area contributed by atoms with Gasteiger partial charge in [0.15, 0.2) is 0 Å². The summed E-state index contributed by atoms with van der Waals surface area (Å²) in [4.78, 5) is 11.2. The fourth-order valence-corrected chi connectivity index (χ4v) is 3.74. The van der Waals surface area contributed by atoms with Crippen molar-refractivity contribution >= 4 is 15.8 Å². The molecule has 2 heterocycles. The lowest BCUT2D eigenvalue weighted by molar-refractivity contribution is 0.0693. The molecule has 0 saturated carbocycles. The second-order valence-corrected chi connectivity index (χ2v) is 7.70. The van der Waals surface area contributed by atoms with Gasteiger partial charge in [0.1, 0.15) is 34.3 Å². The first-order valence-corrected chi connectivity index (χ1v) is 9.99. The molecular formula is C19H22O8S. The van der Waals surface area contributed by atoms with Crippen LogP contribution in [0.15, 0.2) is 52.0 Å². The van der Waals surface area contributed by atoms with Gasteiger partial charge in [0, 0.05) is 13.2 Å². The third-order valence-corrected chi connectivity index (χ3v) is 5.52. The minimum atomic E-state index is -3.22. The first-order valence-electron chi connectivity index (χ1n) is 8.51. The van der Waals surface area contributed by atoms with E-state index in [1.54, 1.807) is 25.3 Å². The van der Waals surface area contributed by atoms with Crippen molar-refractivity contribution in [2.45, 2.75) is 13.3 Å². The number of methoxy groups -OCH3 is 1. The Balaban J connectivity index is 0.000000200. The van der Waals surface area contributed by atoms with Crippen LogP contribution >= 0.6 is 0 Å². The van der Waals surface area contributed by atoms with Crippen molar-refractivity contribution in [1.29, 1.82) is 0 Å². The smallest absolute Gasteiger partial charge is 0.339 e. The number of fused-ring (bicyclic) bond motifs is 2. The summed E-state index contributed by atoms with van der Waals surface area (Å²) in [5, 5.41) is 17.9. The lowest BCUT2D eigenvalue weighted by Crippen LogP contribution is -2.02. The van der Waals surface area contributed by atoms with E-state index in [0.29, 0.717) is 36.2 Å². The summed E-state index contributed by atoms with van der Waals surface area (Å²) in [5.74, 6) is -0.521. The van der Waals surface area contributed by atoms with Gasteiger partial charge < -0.3 is 24.4 Å². The number of benzene rings is 1. The second kappa shape index (κ2) is 9.43. The van der Waals surface area contributed by atoms with E-state index in [4.69, 9.17) is 19.3 Å². The maximum Gasteiger partial charge on any atom is 0.339 e. The van der Waals surface area contributed by atoms with Gasteiger partial charge in [-0.25, -0.2) is 13.2 Å². The monoisotopic (exact) mass is 410 g/mol. The lowest BCUT2D eigenvalue weighted by Gasteiger charge is -2.06. The number of allylic oxidation sites excluding steroid dienone is 3. The van der Waals surface area contributed by atoms with Crippen molar-refractivity contribution in [2.24, 2.45) is 0 Å². The Labute approximate surface area is 163 Å². The Bertz CT molecular complexity index is 925. The van der Waals surface area contributed by atoms with E-state index in [0.717, 1.165) is 6.42 Å². The van der Waals surface area contributed by atoms with Gasteiger partial charge in [0.25, 0.3) is 0 Å². The maximum absolute atomic E-state index is 11.5. The zero-order valence-electron chi connectivity index (χ0n) is 15.5. The first kappa shape index (κ1) is 21.5. The standard InChI is InChI=1S/C10H12O4.C9H10O4S/c1-2-5-14-7-3-4-9(11)8(6-7)10(12)13;1-12-4-5-13-8-6-7-2-3-9(8)14(7,10)11/h3-4,6,11H,2,5H2,1H3,(H,12,13);2-3,6H,4-5H2,1H3. The molecule has 1 aromatic rings. The Kier molecular flexibility index (Phi) is 7.24. The molecule has 28 heavy (non-hydrogen) atoms. The van der Waals surface area contributed by atoms with E-state index in [1.807, 2.05) is 6.92 Å². The molecule has 3 rings (SSSR count). The predicted molar refractivity (Wildman–Crippen MR) is 102 cm³/mol. The van der Waals surface area contributed by atoms with Gasteiger partial charge in [0.05, 0.1) is 18.1 Å². The van der Waals surface area contributed by atoms with Crippen molar-refractivity contribution in [2.75, 3.05) is 26.9 Å². The zero-order valence-corrected chi connectivity index (χ0v) is 16.4. The van der Waals surface area contributed by atoms with Crippen LogP contribution < -0.4 is 4.74 Å². The van der Waals surface area contributed by atoms with E-state index in [1.165, 1.54) is 18.2 Å². The first-order chi connectivity index (χ1) is 13.3. The molecule has 0 amide bonds. The molecule has 2 bridgehead atoms. The van der Waals surface area contributed by atoms with Crippen LogP contribution in [0.4, 0.5) is 0 Å². The highest BCUT2D eigenvalue weighted by molar-refractivity contribution is 8.00. The van der Waals surface area contributed by atoms with Gasteiger partial charge >= 0.3 is 5.97 Å². The van der Waals surface area contributed by atoms with Crippen LogP contribution in [0, 0.1) is 0 Å². The van der Waals surface area contributed by atoms with Crippen LogP contribution in [0.25, 0.3) is 0 Å². The fourth-order valence-electron chi connectivity index (χ4n) is 2.35. The molecule has 2 aliphatic heterocycles. The van der Waals surface area contributed by atoms with Gasteiger partial charge in [-0.2, -0.15) is 0 Å². The number of aromatic carboxylic acids is 1. The SMILES string of the molecule is CCCOc1ccc(O)c(C(=O)O)c1.COCCOC1=C2C=CC(=C1)S2(=O)=O. The summed E-state index contributed by atoms with van der Waals surface area (Å²) in [6.45, 7) is 3.30. The highest BCUT2D eigenvalue weighted by Gasteiger charge is 2.34. The van der Waals surface area contributed by atoms with Crippen molar-refractivity contribution in [1.82, 2.24) is 0 Å². The number of phenols is 1. The molecule has 0 aromatic heterocycles. The number of aromatic hydroxyl groups is 1. The van der Waals surface area contributed by atoms with Crippen molar-refractivity contribution in [3.8, 4) is 11.5 Å². The summed E-state index contributed by atoms with van der Waals surface area (Å²) in [6, 6.07) is 4.17. The molecule has 8 nitrogen and oxygen atoms in total. The molecule has 0 spiro atoms. The normalized spacial score (nSPS) is 15.7. The number of sulfone groups is 1. The largest absolute Gasteiger partial charge is 0.507 e. The molecule has 152 valence electrons. The van der Waals surface area contributed by atoms with Gasteiger partial charge in [-0.1, -0.05) is 6.92 Å². The van der Waals surface area contributed by atoms with E-state index in [-0.39, 0.29) is 16.2 Å². The van der Waals surface area contributed by atoms with Gasteiger partial charge in [0.2, 0.25) is 9.84 Å². The van der Waals surface area contributed by atoms with Crippen molar-refractivity contribution in [3.05, 3.63) is 57.6 Å². The molecule has 0 atom stereocenters. The quantitative estimate of drug-likeness (QED) is 0.628. The molecular weight excluding hydrogens is 388 g/mol. The minimum absolute atomic E-state index is 0.140. The number of hydrogen-bond donors (Lipinski definition) is 2. The van der Waals surface area contributed by atoms with Crippen molar-refractivity contribution in [3.63, 3.8) is 0 Å². The number of hydrogen-bond acceptors (Lipinski definition) is 7. The molecule has 0 saturated heterocycles. The molecule has 9 heteroatoms. The number of rotatable bonds is 8. The van der Waals surface area contributed by atoms with E-state index >= 15 is 0 Å². The molecule has 2 aliphatic rings. The van der Waals surface area contributed by atoms with Gasteiger partial charge in [-0.05, 0) is 36.8 Å². The van der Waals surface area contributed by atoms with Gasteiger partial charge in [-0.3, -0.25) is 0 Å². The van der Waals surface area contributed by atoms with E-state index < -0.39 is 15.8 Å². The zero-order chi connectivity index (χ0) is 20.7. The average molecular weight is 410 g/mol. The highest BCUT2D eigenvalue weighted by Crippen LogP contribution is 2.37. The average Bonchev–Trinajstić information content (AvgIpc) is 3.08. The number of ether oxygens (including phenoxy) is 3. The maximum atomic E-state index is 11.5. The Morgan fingerprint density at radius 2 is 1.86 bits per heavy atom. The fraction of sp³-hybridized carbons (Fsp3) is 0.316. The minimum Gasteiger partial charge on any atom is -0.507 e. The number of carbonyl (C=O) groups is 1. The van der Waals surface area contributed by atoms with Crippen LogP contribution in [0.2, 0.25) is 0 Å². The summed E-state index contributed by atoms with van der Waals surface area (Å²) in [7, 11) is -1.65. The van der Waals surface area contributed by atoms with Crippen LogP contribution in [0.1, 0.15) is 23.7 Å². The van der Waals surface area contributed by atoms with Crippen molar-refractivity contribution < 1.29 is 37.6 Å². The molecule has 0 aliphatic carbocycles. The Hall–Kier alpha value is -2.78. The van der Waals surface area contributed by atoms with Crippen LogP contribution in [-0.2, 0) is 19.3 Å².